The number of hydrogen-bond donors (Lipinski definition) is 0. The first-order chi connectivity index (χ1) is 42.0. The van der Waals surface area contributed by atoms with Crippen LogP contribution < -0.4 is 0 Å². The number of nitrogens with zero attached hydrogens (tertiary/aromatic N) is 10. The predicted molar refractivity (Wildman–Crippen MR) is 368 cm³/mol. The van der Waals surface area contributed by atoms with Gasteiger partial charge in [-0.15, -0.1) is 15.1 Å². The van der Waals surface area contributed by atoms with E-state index < -0.39 is 7.69 Å². The zero-order valence-corrected chi connectivity index (χ0v) is 57.7. The van der Waals surface area contributed by atoms with E-state index in [0.717, 1.165) is 40.6 Å². The molecule has 1 atom stereocenters. The average Bonchev–Trinajstić information content (AvgIpc) is 1.81. The van der Waals surface area contributed by atoms with Crippen LogP contribution in [0.15, 0.2) is 144 Å². The Morgan fingerprint density at radius 2 is 0.955 bits per heavy atom. The zero-order valence-electron chi connectivity index (χ0n) is 56.0. The van der Waals surface area contributed by atoms with Gasteiger partial charge in [-0.25, -0.2) is 0 Å². The van der Waals surface area contributed by atoms with Gasteiger partial charge in [-0.1, -0.05) is 77.3 Å². The Labute approximate surface area is 530 Å². The van der Waals surface area contributed by atoms with Gasteiger partial charge in [0.2, 0.25) is 0 Å². The minimum absolute atomic E-state index is 0.503. The number of benzene rings is 4. The van der Waals surface area contributed by atoms with Crippen molar-refractivity contribution in [3.05, 3.63) is 246 Å². The van der Waals surface area contributed by atoms with Crippen LogP contribution in [0.4, 0.5) is 0 Å². The first-order valence-corrected chi connectivity index (χ1v) is 33.3. The molecule has 1 unspecified atom stereocenters. The van der Waals surface area contributed by atoms with Crippen molar-refractivity contribution in [1.29, 1.82) is 0 Å². The third kappa shape index (κ3) is 15.4. The summed E-state index contributed by atoms with van der Waals surface area (Å²) in [7, 11) is 1.59. The van der Waals surface area contributed by atoms with Gasteiger partial charge < -0.3 is 22.8 Å². The van der Waals surface area contributed by atoms with E-state index >= 15 is 0 Å². The molecule has 88 heavy (non-hydrogen) atoms. The number of rotatable bonds is 5. The lowest BCUT2D eigenvalue weighted by atomic mass is 9.48. The second-order valence-corrected chi connectivity index (χ2v) is 27.9. The molecule has 4 saturated carbocycles. The molecule has 0 radical (unpaired) electrons. The Morgan fingerprint density at radius 1 is 0.477 bits per heavy atom. The summed E-state index contributed by atoms with van der Waals surface area (Å²) in [6, 6.07) is 44.4. The number of hydrogen-bond acceptors (Lipinski definition) is 8. The van der Waals surface area contributed by atoms with Gasteiger partial charge in [0.25, 0.3) is 0 Å². The molecule has 0 amide bonds. The quantitative estimate of drug-likeness (QED) is 0.169. The summed E-state index contributed by atoms with van der Waals surface area (Å²) in [5.74, 6) is 3.84. The average molecular weight is 1220 g/mol. The van der Waals surface area contributed by atoms with Gasteiger partial charge in [0.05, 0.1) is 11.4 Å². The Balaban J connectivity index is 0.000000138. The lowest BCUT2D eigenvalue weighted by Gasteiger charge is -2.57. The highest BCUT2D eigenvalue weighted by Crippen LogP contribution is 2.61. The molecule has 13 heteroatoms. The maximum atomic E-state index is 4.60. The molecule has 0 saturated heterocycles. The second-order valence-electron chi connectivity index (χ2n) is 24.9. The molecule has 0 aliphatic heterocycles. The molecule has 7 aromatic heterocycles. The van der Waals surface area contributed by atoms with E-state index in [0.29, 0.717) is 5.41 Å². The predicted octanol–water partition coefficient (Wildman–Crippen LogP) is 19.5. The van der Waals surface area contributed by atoms with Crippen LogP contribution in [0, 0.1) is 142 Å². The van der Waals surface area contributed by atoms with Crippen molar-refractivity contribution in [2.24, 2.45) is 24.8 Å². The summed E-state index contributed by atoms with van der Waals surface area (Å²) in [4.78, 5) is 5.49. The fourth-order valence-electron chi connectivity index (χ4n) is 13.2. The maximum Gasteiger partial charge on any atom is 0.156 e. The summed E-state index contributed by atoms with van der Waals surface area (Å²) in [6.45, 7) is 38.1. The van der Waals surface area contributed by atoms with Crippen molar-refractivity contribution >= 4 is 19.2 Å². The molecular weight excluding hydrogens is 1120 g/mol. The third-order valence-electron chi connectivity index (χ3n) is 19.3. The third-order valence-corrected chi connectivity index (χ3v) is 22.1. The van der Waals surface area contributed by atoms with Gasteiger partial charge in [-0.05, 0) is 291 Å². The van der Waals surface area contributed by atoms with Crippen LogP contribution in [0.3, 0.4) is 0 Å². The Bertz CT molecular complexity index is 3850. The minimum Gasteiger partial charge on any atom is -0.352 e. The lowest BCUT2D eigenvalue weighted by molar-refractivity contribution is -0.00542. The molecule has 462 valence electrons. The second kappa shape index (κ2) is 29.6. The van der Waals surface area contributed by atoms with E-state index in [4.69, 9.17) is 0 Å². The van der Waals surface area contributed by atoms with Crippen LogP contribution in [0.1, 0.15) is 145 Å². The van der Waals surface area contributed by atoms with Crippen molar-refractivity contribution in [3.63, 3.8) is 0 Å². The highest BCUT2D eigenvalue weighted by molar-refractivity contribution is 7.54. The fourth-order valence-corrected chi connectivity index (χ4v) is 15.3. The molecule has 15 rings (SSSR count). The van der Waals surface area contributed by atoms with Gasteiger partial charge in [-0.3, -0.25) is 0 Å². The molecule has 0 spiro atoms. The van der Waals surface area contributed by atoms with Crippen LogP contribution in [0.5, 0.6) is 0 Å². The van der Waals surface area contributed by atoms with Crippen LogP contribution in [-0.2, 0) is 12.5 Å². The molecule has 4 aromatic carbocycles. The molecule has 0 N–H and O–H groups in total. The van der Waals surface area contributed by atoms with Crippen molar-refractivity contribution in [1.82, 2.24) is 48.2 Å². The van der Waals surface area contributed by atoms with E-state index in [2.05, 4.69) is 265 Å². The first kappa shape index (κ1) is 66.3. The molecule has 4 aliphatic carbocycles. The Hall–Kier alpha value is -7.66. The molecule has 4 fully saturated rings. The minimum atomic E-state index is -0.503. The number of aryl methyl sites for hydroxylation is 8. The van der Waals surface area contributed by atoms with Crippen LogP contribution in [-0.4, -0.2) is 48.2 Å². The molecule has 11 nitrogen and oxygen atoms in total. The van der Waals surface area contributed by atoms with E-state index in [-0.39, 0.29) is 0 Å². The van der Waals surface area contributed by atoms with E-state index in [9.17, 15) is 0 Å². The largest absolute Gasteiger partial charge is 0.352 e. The summed E-state index contributed by atoms with van der Waals surface area (Å²) in [5, 5.41) is 17.4. The summed E-state index contributed by atoms with van der Waals surface area (Å²) < 4.78 is 17.5. The summed E-state index contributed by atoms with van der Waals surface area (Å²) in [5.41, 5.74) is 25.6. The van der Waals surface area contributed by atoms with E-state index in [1.807, 2.05) is 58.9 Å². The van der Waals surface area contributed by atoms with Crippen LogP contribution in [0.25, 0.3) is 22.4 Å². The van der Waals surface area contributed by atoms with E-state index in [1.54, 1.807) is 11.1 Å². The normalized spacial score (nSPS) is 16.9. The molecule has 11 aromatic rings. The molecular formula is C75H95N10OPS. The molecule has 4 aliphatic rings. The Kier molecular flexibility index (Phi) is 22.3. The lowest BCUT2D eigenvalue weighted by Crippen LogP contribution is -2.48. The van der Waals surface area contributed by atoms with Crippen molar-refractivity contribution in [2.45, 2.75) is 169 Å². The van der Waals surface area contributed by atoms with Gasteiger partial charge in [-0.2, -0.15) is 5.10 Å². The topological polar surface area (TPSA) is 110 Å². The van der Waals surface area contributed by atoms with Gasteiger partial charge in [0, 0.05) is 99.1 Å². The fraction of sp³-hybridized carbons (Fsp3) is 0.387. The van der Waals surface area contributed by atoms with Crippen molar-refractivity contribution in [2.75, 3.05) is 0 Å². The standard InChI is InChI=1S/C22H27N.C14H17N.C13H15N.C10H11N2P.C8H13N.C4H6N2O.C4H6N2S/c1-15-16(2)23(20-6-4-3-5-7-20)14-21(15)22-11-17-8-18(12-22)10-19(9-17)13-22;1-10-11(2)13(4)15(12(10)3)14-8-6-5-7-9-14;1-10-9-14(12(3)11(10)2)13-7-5-4-6-8-13;1-8-9(2)13(12-11-8)10-6-4-3-5-7-10;1-6-5-7(2)9(4)8(6)3;2*1-3-4(2)7-6-5-3/h3-7,14,17-19H,8-13H2,1-2H3;5-9H,1-4H3;4-9H,1-3H3;3-7H,1-2H3;5H,1-4H3;2*1-2H3. The smallest absolute Gasteiger partial charge is 0.156 e. The van der Waals surface area contributed by atoms with Crippen LogP contribution >= 0.6 is 19.2 Å². The van der Waals surface area contributed by atoms with Crippen molar-refractivity contribution in [3.8, 4) is 22.4 Å². The van der Waals surface area contributed by atoms with Gasteiger partial charge in [0.15, 0.2) is 5.76 Å². The monoisotopic (exact) mass is 1210 g/mol. The maximum absolute atomic E-state index is 4.60. The number of aromatic nitrogens is 10. The summed E-state index contributed by atoms with van der Waals surface area (Å²) >= 11 is 1.44. The number of para-hydroxylation sites is 3. The highest BCUT2D eigenvalue weighted by atomic mass is 32.1. The Morgan fingerprint density at radius 3 is 1.30 bits per heavy atom. The van der Waals surface area contributed by atoms with Crippen molar-refractivity contribution < 1.29 is 4.52 Å². The molecule has 7 heterocycles. The first-order valence-electron chi connectivity index (χ1n) is 31.2. The highest BCUT2D eigenvalue weighted by Gasteiger charge is 2.52. The zero-order chi connectivity index (χ0) is 63.6. The van der Waals surface area contributed by atoms with Gasteiger partial charge >= 0.3 is 0 Å². The molecule has 4 bridgehead atoms. The summed E-state index contributed by atoms with van der Waals surface area (Å²) in [6.07, 6.45) is 13.6. The van der Waals surface area contributed by atoms with Gasteiger partial charge in [0.1, 0.15) is 5.69 Å². The van der Waals surface area contributed by atoms with Crippen LogP contribution in [0.2, 0.25) is 0 Å². The SMILES string of the molecule is Cc1c(C)c(C)n(-c2ccccc2)c1C.Cc1c(C23CC4CC(CC(C4)C2)C3)cn(-c2ccccc2)c1C.Cc1cc(C)n(C)c1C.Cc1cn(-c2ccccc2)c(C)c1C.Cc1nnoc1C.Cc1nnp(-c2ccccc2)c1C.Cc1nnsc1C. The van der Waals surface area contributed by atoms with E-state index in [1.165, 1.54) is 145 Å².